The van der Waals surface area contributed by atoms with E-state index in [1.165, 1.54) is 38.5 Å². The maximum absolute atomic E-state index is 12.3. The molecule has 0 aromatic rings. The molecule has 2 atom stereocenters. The average Bonchev–Trinajstić information content (AvgIpc) is 2.72. The Bertz CT molecular complexity index is 477. The largest absolute Gasteiger partial charge is 0.370 e. The van der Waals surface area contributed by atoms with Crippen LogP contribution in [-0.4, -0.2) is 42.0 Å². The number of primary amides is 1. The van der Waals surface area contributed by atoms with Gasteiger partial charge in [-0.05, 0) is 32.2 Å². The second kappa shape index (κ2) is 19.8. The summed E-state index contributed by atoms with van der Waals surface area (Å²) in [4.78, 5) is 35.0. The molecule has 0 saturated heterocycles. The first-order valence-electron chi connectivity index (χ1n) is 11.6. The van der Waals surface area contributed by atoms with Crippen molar-refractivity contribution in [3.05, 3.63) is 0 Å². The average molecular weight is 445 g/mol. The minimum absolute atomic E-state index is 0.0284. The van der Waals surface area contributed by atoms with Crippen molar-refractivity contribution in [3.8, 4) is 0 Å². The van der Waals surface area contributed by atoms with Gasteiger partial charge in [0.2, 0.25) is 11.8 Å². The molecule has 0 aromatic heterocycles. The van der Waals surface area contributed by atoms with E-state index < -0.39 is 12.1 Å². The number of Topliss-reactive ketones (excluding diaryl/α,β-unsaturated/α-hetero) is 1. The molecule has 0 aliphatic carbocycles. The standard InChI is InChI=1S/C22H44N4O3S/c23-16-12-13-18(24)22(29)26-19(17-30)20(27)14-10-8-6-4-2-1-3-5-7-9-11-15-21(25)28/h18-19,30H,1-17,23-24H2,(H2,25,28)(H,26,29)/t18-,19-/m0/s1. The molecule has 0 bridgehead atoms. The third-order valence-electron chi connectivity index (χ3n) is 5.29. The topological polar surface area (TPSA) is 141 Å². The molecule has 0 aromatic carbocycles. The molecule has 0 unspecified atom stereocenters. The van der Waals surface area contributed by atoms with Crippen LogP contribution in [0, 0.1) is 0 Å². The number of carbonyl (C=O) groups is 3. The number of hydrogen-bond acceptors (Lipinski definition) is 6. The van der Waals surface area contributed by atoms with E-state index in [4.69, 9.17) is 17.2 Å². The van der Waals surface area contributed by atoms with Gasteiger partial charge in [-0.25, -0.2) is 0 Å². The van der Waals surface area contributed by atoms with Gasteiger partial charge >= 0.3 is 0 Å². The highest BCUT2D eigenvalue weighted by Crippen LogP contribution is 2.13. The minimum atomic E-state index is -0.626. The molecular weight excluding hydrogens is 400 g/mol. The number of amides is 2. The zero-order chi connectivity index (χ0) is 22.6. The summed E-state index contributed by atoms with van der Waals surface area (Å²) in [5.41, 5.74) is 16.4. The van der Waals surface area contributed by atoms with Gasteiger partial charge in [-0.3, -0.25) is 14.4 Å². The van der Waals surface area contributed by atoms with Crippen LogP contribution in [0.2, 0.25) is 0 Å². The number of thiol groups is 1. The summed E-state index contributed by atoms with van der Waals surface area (Å²) < 4.78 is 0. The van der Waals surface area contributed by atoms with Gasteiger partial charge in [0, 0.05) is 18.6 Å². The second-order valence-corrected chi connectivity index (χ2v) is 8.47. The predicted octanol–water partition coefficient (Wildman–Crippen LogP) is 2.59. The number of carbonyl (C=O) groups excluding carboxylic acids is 3. The fraction of sp³-hybridized carbons (Fsp3) is 0.864. The number of nitrogens with one attached hydrogen (secondary N) is 1. The fourth-order valence-corrected chi connectivity index (χ4v) is 3.63. The Kier molecular flexibility index (Phi) is 19.1. The molecule has 0 rings (SSSR count). The number of nitrogens with two attached hydrogens (primary N) is 3. The van der Waals surface area contributed by atoms with E-state index in [1.807, 2.05) is 0 Å². The maximum Gasteiger partial charge on any atom is 0.237 e. The first kappa shape index (κ1) is 28.9. The van der Waals surface area contributed by atoms with Crippen LogP contribution in [0.25, 0.3) is 0 Å². The lowest BCUT2D eigenvalue weighted by Crippen LogP contribution is -2.49. The lowest BCUT2D eigenvalue weighted by Gasteiger charge is -2.18. The fourth-order valence-electron chi connectivity index (χ4n) is 3.34. The third kappa shape index (κ3) is 16.7. The van der Waals surface area contributed by atoms with Gasteiger partial charge in [0.1, 0.15) is 0 Å². The number of ketones is 1. The highest BCUT2D eigenvalue weighted by molar-refractivity contribution is 7.80. The Balaban J connectivity index is 3.66. The first-order valence-corrected chi connectivity index (χ1v) is 12.2. The molecule has 0 heterocycles. The van der Waals surface area contributed by atoms with E-state index in [2.05, 4.69) is 17.9 Å². The van der Waals surface area contributed by atoms with Crippen LogP contribution >= 0.6 is 12.6 Å². The van der Waals surface area contributed by atoms with E-state index in [0.29, 0.717) is 32.2 Å². The molecule has 0 fully saturated rings. The van der Waals surface area contributed by atoms with Crippen LogP contribution < -0.4 is 22.5 Å². The van der Waals surface area contributed by atoms with E-state index in [9.17, 15) is 14.4 Å². The van der Waals surface area contributed by atoms with Crippen molar-refractivity contribution in [2.75, 3.05) is 12.3 Å². The molecule has 0 saturated carbocycles. The van der Waals surface area contributed by atoms with E-state index in [1.54, 1.807) is 0 Å². The predicted molar refractivity (Wildman–Crippen MR) is 126 cm³/mol. The van der Waals surface area contributed by atoms with Crippen LogP contribution in [0.5, 0.6) is 0 Å². The number of rotatable bonds is 21. The molecule has 0 aliphatic heterocycles. The zero-order valence-corrected chi connectivity index (χ0v) is 19.5. The minimum Gasteiger partial charge on any atom is -0.370 e. The van der Waals surface area contributed by atoms with Crippen LogP contribution in [0.4, 0.5) is 0 Å². The van der Waals surface area contributed by atoms with Crippen molar-refractivity contribution in [1.29, 1.82) is 0 Å². The molecule has 7 nitrogen and oxygen atoms in total. The molecule has 0 aliphatic rings. The SMILES string of the molecule is NCCC[C@H](N)C(=O)N[C@@H](CS)C(=O)CCCCCCCCCCCCCC(N)=O. The van der Waals surface area contributed by atoms with E-state index >= 15 is 0 Å². The lowest BCUT2D eigenvalue weighted by atomic mass is 10.0. The highest BCUT2D eigenvalue weighted by Gasteiger charge is 2.21. The Morgan fingerprint density at radius 1 is 0.767 bits per heavy atom. The van der Waals surface area contributed by atoms with Gasteiger partial charge in [-0.2, -0.15) is 12.6 Å². The highest BCUT2D eigenvalue weighted by atomic mass is 32.1. The van der Waals surface area contributed by atoms with Gasteiger partial charge in [0.05, 0.1) is 12.1 Å². The summed E-state index contributed by atoms with van der Waals surface area (Å²) in [6.45, 7) is 0.494. The summed E-state index contributed by atoms with van der Waals surface area (Å²) in [7, 11) is 0. The second-order valence-electron chi connectivity index (χ2n) is 8.10. The lowest BCUT2D eigenvalue weighted by molar-refractivity contribution is -0.128. The number of unbranched alkanes of at least 4 members (excludes halogenated alkanes) is 10. The van der Waals surface area contributed by atoms with Crippen LogP contribution in [0.1, 0.15) is 96.3 Å². The molecule has 7 N–H and O–H groups in total. The van der Waals surface area contributed by atoms with Gasteiger partial charge in [0.15, 0.2) is 5.78 Å². The molecule has 2 amide bonds. The zero-order valence-electron chi connectivity index (χ0n) is 18.6. The first-order chi connectivity index (χ1) is 14.4. The van der Waals surface area contributed by atoms with Gasteiger partial charge in [-0.15, -0.1) is 0 Å². The van der Waals surface area contributed by atoms with Gasteiger partial charge in [0.25, 0.3) is 0 Å². The molecule has 30 heavy (non-hydrogen) atoms. The Hall–Kier alpha value is -1.12. The van der Waals surface area contributed by atoms with Crippen molar-refractivity contribution < 1.29 is 14.4 Å². The van der Waals surface area contributed by atoms with Crippen molar-refractivity contribution in [3.63, 3.8) is 0 Å². The van der Waals surface area contributed by atoms with Gasteiger partial charge < -0.3 is 22.5 Å². The Morgan fingerprint density at radius 2 is 1.23 bits per heavy atom. The Morgan fingerprint density at radius 3 is 1.67 bits per heavy atom. The molecule has 0 spiro atoms. The molecule has 8 heteroatoms. The molecular formula is C22H44N4O3S. The summed E-state index contributed by atoms with van der Waals surface area (Å²) >= 11 is 4.20. The van der Waals surface area contributed by atoms with Crippen molar-refractivity contribution in [2.45, 2.75) is 108 Å². The van der Waals surface area contributed by atoms with Crippen LogP contribution in [-0.2, 0) is 14.4 Å². The van der Waals surface area contributed by atoms with Gasteiger partial charge in [-0.1, -0.05) is 57.8 Å². The van der Waals surface area contributed by atoms with E-state index in [0.717, 1.165) is 32.1 Å². The smallest absolute Gasteiger partial charge is 0.237 e. The molecule has 0 radical (unpaired) electrons. The van der Waals surface area contributed by atoms with Crippen LogP contribution in [0.15, 0.2) is 0 Å². The van der Waals surface area contributed by atoms with E-state index in [-0.39, 0.29) is 23.4 Å². The summed E-state index contributed by atoms with van der Waals surface area (Å²) in [5, 5.41) is 2.72. The Labute approximate surface area is 188 Å². The summed E-state index contributed by atoms with van der Waals surface area (Å²) in [6.07, 6.45) is 14.5. The van der Waals surface area contributed by atoms with Crippen molar-refractivity contribution in [2.24, 2.45) is 17.2 Å². The molecule has 176 valence electrons. The van der Waals surface area contributed by atoms with Crippen LogP contribution in [0.3, 0.4) is 0 Å². The summed E-state index contributed by atoms with van der Waals surface area (Å²) in [6, 6.07) is -1.19. The quantitative estimate of drug-likeness (QED) is 0.137. The summed E-state index contributed by atoms with van der Waals surface area (Å²) in [5.74, 6) is -0.189. The van der Waals surface area contributed by atoms with Crippen molar-refractivity contribution in [1.82, 2.24) is 5.32 Å². The van der Waals surface area contributed by atoms with Crippen molar-refractivity contribution >= 4 is 30.2 Å². The monoisotopic (exact) mass is 444 g/mol. The maximum atomic E-state index is 12.3. The third-order valence-corrected chi connectivity index (χ3v) is 5.66. The number of hydrogen-bond donors (Lipinski definition) is 5. The normalized spacial score (nSPS) is 13.0.